The van der Waals surface area contributed by atoms with E-state index >= 15 is 0 Å². The first-order valence-corrected chi connectivity index (χ1v) is 13.7. The van der Waals surface area contributed by atoms with E-state index in [0.29, 0.717) is 38.6 Å². The summed E-state index contributed by atoms with van der Waals surface area (Å²) < 4.78 is 88.4. The van der Waals surface area contributed by atoms with Gasteiger partial charge in [-0.25, -0.2) is 19.4 Å². The number of Topliss-reactive ketones (excluding diaryl/α,β-unsaturated/α-hetero) is 1. The van der Waals surface area contributed by atoms with E-state index in [2.05, 4.69) is 20.2 Å². The Hall–Kier alpha value is -4.09. The van der Waals surface area contributed by atoms with Crippen LogP contribution in [0.5, 0.6) is 0 Å². The number of carbonyl (C=O) groups is 1. The van der Waals surface area contributed by atoms with Gasteiger partial charge in [0, 0.05) is 28.6 Å². The van der Waals surface area contributed by atoms with E-state index in [1.54, 1.807) is 0 Å². The van der Waals surface area contributed by atoms with Crippen molar-refractivity contribution in [1.29, 1.82) is 0 Å². The third-order valence-corrected chi connectivity index (χ3v) is 7.35. The number of halogens is 7. The second-order valence-corrected chi connectivity index (χ2v) is 11.2. The number of nitrogens with zero attached hydrogens (tertiary/aromatic N) is 7. The van der Waals surface area contributed by atoms with Crippen LogP contribution in [0.4, 0.5) is 26.3 Å². The van der Waals surface area contributed by atoms with Gasteiger partial charge in [-0.1, -0.05) is 18.5 Å². The molecule has 1 saturated heterocycles. The summed E-state index contributed by atoms with van der Waals surface area (Å²) in [6.07, 6.45) is -11.6. The van der Waals surface area contributed by atoms with Crippen molar-refractivity contribution < 1.29 is 41.0 Å². The van der Waals surface area contributed by atoms with Gasteiger partial charge in [0.25, 0.3) is 0 Å². The Kier molecular flexibility index (Phi) is 8.63. The minimum atomic E-state index is -5.06. The van der Waals surface area contributed by atoms with Gasteiger partial charge in [0.05, 0.1) is 19.8 Å². The zero-order valence-corrected chi connectivity index (χ0v) is 24.1. The smallest absolute Gasteiger partial charge is 0.382 e. The number of benzene rings is 1. The third kappa shape index (κ3) is 6.94. The summed E-state index contributed by atoms with van der Waals surface area (Å²) in [6, 6.07) is 7.41. The zero-order chi connectivity index (χ0) is 32.7. The van der Waals surface area contributed by atoms with Crippen molar-refractivity contribution in [2.75, 3.05) is 13.2 Å². The highest BCUT2D eigenvalue weighted by Gasteiger charge is 2.40. The summed E-state index contributed by atoms with van der Waals surface area (Å²) in [5.74, 6) is -2.50. The van der Waals surface area contributed by atoms with Gasteiger partial charge in [-0.3, -0.25) is 9.36 Å². The molecule has 1 aliphatic heterocycles. The number of aliphatic hydroxyl groups is 1. The lowest BCUT2D eigenvalue weighted by Gasteiger charge is -2.37. The summed E-state index contributed by atoms with van der Waals surface area (Å²) in [4.78, 5) is 34.5. The normalized spacial score (nSPS) is 15.6. The number of ketones is 1. The molecular formula is C27H24ClF6N7O4. The first-order chi connectivity index (χ1) is 21.1. The highest BCUT2D eigenvalue weighted by atomic mass is 35.5. The molecule has 5 rings (SSSR count). The molecule has 1 aliphatic rings. The molecule has 0 aliphatic carbocycles. The Morgan fingerprint density at radius 1 is 1.11 bits per heavy atom. The van der Waals surface area contributed by atoms with Gasteiger partial charge < -0.3 is 9.84 Å². The summed E-state index contributed by atoms with van der Waals surface area (Å²) in [5, 5.41) is 18.2. The Bertz CT molecular complexity index is 1760. The Labute approximate surface area is 255 Å². The summed E-state index contributed by atoms with van der Waals surface area (Å²) in [5.41, 5.74) is -2.44. The van der Waals surface area contributed by atoms with E-state index in [1.807, 2.05) is 6.92 Å². The van der Waals surface area contributed by atoms with Crippen LogP contribution in [0.3, 0.4) is 0 Å². The Balaban J connectivity index is 1.57. The lowest BCUT2D eigenvalue weighted by atomic mass is 9.83. The van der Waals surface area contributed by atoms with Crippen LogP contribution in [-0.2, 0) is 24.0 Å². The molecule has 1 aromatic carbocycles. The van der Waals surface area contributed by atoms with Crippen LogP contribution in [0.2, 0.25) is 5.02 Å². The number of hydrogen-bond acceptors (Lipinski definition) is 8. The average molecular weight is 660 g/mol. The van der Waals surface area contributed by atoms with Crippen molar-refractivity contribution in [3.8, 4) is 17.2 Å². The topological polar surface area (TPSA) is 130 Å². The largest absolute Gasteiger partial charge is 0.420 e. The van der Waals surface area contributed by atoms with E-state index < -0.39 is 60.2 Å². The van der Waals surface area contributed by atoms with Crippen LogP contribution in [0.15, 0.2) is 47.4 Å². The summed E-state index contributed by atoms with van der Waals surface area (Å²) >= 11 is 5.91. The molecule has 45 heavy (non-hydrogen) atoms. The van der Waals surface area contributed by atoms with E-state index in [1.165, 1.54) is 24.3 Å². The molecule has 0 amide bonds. The number of rotatable bonds is 10. The minimum Gasteiger partial charge on any atom is -0.382 e. The van der Waals surface area contributed by atoms with Crippen molar-refractivity contribution in [2.24, 2.45) is 5.41 Å². The zero-order valence-electron chi connectivity index (χ0n) is 23.3. The van der Waals surface area contributed by atoms with Crippen LogP contribution < -0.4 is 5.69 Å². The first kappa shape index (κ1) is 32.3. The number of aliphatic hydroxyl groups excluding tert-OH is 1. The second kappa shape index (κ2) is 12.0. The molecule has 0 unspecified atom stereocenters. The average Bonchev–Trinajstić information content (AvgIpc) is 3.51. The van der Waals surface area contributed by atoms with E-state index in [0.717, 1.165) is 18.3 Å². The molecule has 1 atom stereocenters. The first-order valence-electron chi connectivity index (χ1n) is 13.3. The molecule has 240 valence electrons. The molecule has 0 bridgehead atoms. The number of pyridine rings is 1. The van der Waals surface area contributed by atoms with Crippen LogP contribution in [0, 0.1) is 5.41 Å². The van der Waals surface area contributed by atoms with Gasteiger partial charge >= 0.3 is 18.0 Å². The highest BCUT2D eigenvalue weighted by Crippen LogP contribution is 2.34. The van der Waals surface area contributed by atoms with Crippen LogP contribution in [0.25, 0.3) is 17.2 Å². The molecule has 0 radical (unpaired) electrons. The fourth-order valence-electron chi connectivity index (χ4n) is 4.59. The molecule has 1 fully saturated rings. The number of ether oxygens (including phenoxy) is 1. The van der Waals surface area contributed by atoms with Gasteiger partial charge in [-0.05, 0) is 42.8 Å². The van der Waals surface area contributed by atoms with Crippen molar-refractivity contribution in [2.45, 2.75) is 51.3 Å². The van der Waals surface area contributed by atoms with E-state index in [-0.39, 0.29) is 29.0 Å². The van der Waals surface area contributed by atoms with Crippen LogP contribution in [-0.4, -0.2) is 70.5 Å². The maximum Gasteiger partial charge on any atom is 0.420 e. The molecule has 1 N–H and O–H groups in total. The maximum atomic E-state index is 13.9. The van der Waals surface area contributed by atoms with Gasteiger partial charge in [0.1, 0.15) is 12.1 Å². The fraction of sp³-hybridized carbons (Fsp3) is 0.407. The van der Waals surface area contributed by atoms with Gasteiger partial charge in [-0.2, -0.15) is 31.0 Å². The van der Waals surface area contributed by atoms with Crippen LogP contribution >= 0.6 is 11.6 Å². The van der Waals surface area contributed by atoms with Crippen molar-refractivity contribution in [3.63, 3.8) is 0 Å². The lowest BCUT2D eigenvalue weighted by Crippen LogP contribution is -2.40. The molecule has 18 heteroatoms. The maximum absolute atomic E-state index is 13.9. The number of carbonyl (C=O) groups excluding carboxylic acids is 1. The van der Waals surface area contributed by atoms with E-state index in [4.69, 9.17) is 16.3 Å². The summed E-state index contributed by atoms with van der Waals surface area (Å²) in [7, 11) is 0. The highest BCUT2D eigenvalue weighted by molar-refractivity contribution is 6.30. The van der Waals surface area contributed by atoms with Gasteiger partial charge in [0.2, 0.25) is 5.82 Å². The Morgan fingerprint density at radius 2 is 1.80 bits per heavy atom. The number of alkyl halides is 6. The number of aromatic nitrogens is 7. The second-order valence-electron chi connectivity index (χ2n) is 10.8. The molecule has 0 saturated carbocycles. The molecular weight excluding hydrogens is 636 g/mol. The predicted octanol–water partition coefficient (Wildman–Crippen LogP) is 4.33. The number of hydrogen-bond donors (Lipinski definition) is 1. The molecule has 3 aromatic heterocycles. The Morgan fingerprint density at radius 3 is 2.40 bits per heavy atom. The SMILES string of the molecule is CC1(CCC(=O)c2nc(Cn3nc(-c4ccc(Cl)cc4)n(C[C@H](O)C(F)(F)F)c3=O)nn2-c2ncccc2C(F)(F)F)COC1. The molecule has 4 aromatic rings. The lowest BCUT2D eigenvalue weighted by molar-refractivity contribution is -0.207. The minimum absolute atomic E-state index is 0.114. The standard InChI is InChI=1S/C27H24ClF6N7O4/c1-25(13-45-14-25)9-8-18(42)23-36-20(37-41(23)22-17(26(29,30)31)3-2-10-35-22)12-40-24(44)39(11-19(43)27(32,33)34)21(38-40)15-4-6-16(28)7-5-15/h2-7,10,19,43H,8-9,11-14H2,1H3/t19-/m0/s1. The van der Waals surface area contributed by atoms with Crippen LogP contribution in [0.1, 0.15) is 41.8 Å². The summed E-state index contributed by atoms with van der Waals surface area (Å²) in [6.45, 7) is 0.832. The van der Waals surface area contributed by atoms with Gasteiger partial charge in [0.15, 0.2) is 29.4 Å². The van der Waals surface area contributed by atoms with E-state index in [9.17, 15) is 41.0 Å². The molecule has 0 spiro atoms. The van der Waals surface area contributed by atoms with Crippen molar-refractivity contribution >= 4 is 17.4 Å². The molecule has 11 nitrogen and oxygen atoms in total. The van der Waals surface area contributed by atoms with Gasteiger partial charge in [-0.15, -0.1) is 10.2 Å². The molecule has 4 heterocycles. The third-order valence-electron chi connectivity index (χ3n) is 7.10. The predicted molar refractivity (Wildman–Crippen MR) is 145 cm³/mol. The fourth-order valence-corrected chi connectivity index (χ4v) is 4.72. The quantitative estimate of drug-likeness (QED) is 0.197. The van der Waals surface area contributed by atoms with Crippen molar-refractivity contribution in [1.82, 2.24) is 34.1 Å². The monoisotopic (exact) mass is 659 g/mol. The van der Waals surface area contributed by atoms with Crippen molar-refractivity contribution in [3.05, 3.63) is 75.3 Å².